The van der Waals surface area contributed by atoms with Crippen molar-refractivity contribution in [2.45, 2.75) is 18.8 Å². The molecule has 2 atom stereocenters. The van der Waals surface area contributed by atoms with E-state index in [0.717, 1.165) is 10.3 Å². The van der Waals surface area contributed by atoms with Crippen LogP contribution >= 0.6 is 22.9 Å². The van der Waals surface area contributed by atoms with Crippen LogP contribution in [-0.4, -0.2) is 37.0 Å². The number of carbonyl (C=O) groups is 1. The molecule has 148 valence electrons. The average molecular weight is 429 g/mol. The first-order valence-electron chi connectivity index (χ1n) is 8.80. The first-order valence-corrected chi connectivity index (χ1v) is 9.99. The summed E-state index contributed by atoms with van der Waals surface area (Å²) >= 11 is 7.14. The van der Waals surface area contributed by atoms with Gasteiger partial charge >= 0.3 is 0 Å². The largest absolute Gasteiger partial charge is 0.383 e. The maximum Gasteiger partial charge on any atom is 0.257 e. The number of para-hydroxylation sites is 1. The van der Waals surface area contributed by atoms with Crippen molar-refractivity contribution in [2.24, 2.45) is 0 Å². The highest BCUT2D eigenvalue weighted by Crippen LogP contribution is 2.28. The predicted octanol–water partition coefficient (Wildman–Crippen LogP) is 3.23. The highest BCUT2D eigenvalue weighted by atomic mass is 35.5. The van der Waals surface area contributed by atoms with Crippen LogP contribution < -0.4 is 5.32 Å². The van der Waals surface area contributed by atoms with Crippen LogP contribution in [0, 0.1) is 0 Å². The minimum Gasteiger partial charge on any atom is -0.383 e. The summed E-state index contributed by atoms with van der Waals surface area (Å²) in [5.41, 5.74) is 1.66. The fourth-order valence-corrected chi connectivity index (χ4v) is 3.93. The van der Waals surface area contributed by atoms with Gasteiger partial charge in [0.1, 0.15) is 16.9 Å². The molecule has 0 radical (unpaired) electrons. The molecule has 2 aromatic carbocycles. The van der Waals surface area contributed by atoms with Crippen molar-refractivity contribution in [3.05, 3.63) is 76.4 Å². The zero-order valence-electron chi connectivity index (χ0n) is 15.1. The number of hydrogen-bond acceptors (Lipinski definition) is 6. The maximum absolute atomic E-state index is 12.5. The smallest absolute Gasteiger partial charge is 0.257 e. The summed E-state index contributed by atoms with van der Waals surface area (Å²) in [5, 5.41) is 28.5. The third-order valence-electron chi connectivity index (χ3n) is 4.34. The third-order valence-corrected chi connectivity index (χ3v) is 5.70. The van der Waals surface area contributed by atoms with E-state index in [1.807, 2.05) is 36.4 Å². The van der Waals surface area contributed by atoms with Gasteiger partial charge in [-0.05, 0) is 29.8 Å². The van der Waals surface area contributed by atoms with Crippen LogP contribution in [0.3, 0.4) is 0 Å². The number of benzene rings is 2. The van der Waals surface area contributed by atoms with Gasteiger partial charge < -0.3 is 15.5 Å². The van der Waals surface area contributed by atoms with E-state index >= 15 is 0 Å². The summed E-state index contributed by atoms with van der Waals surface area (Å²) in [4.78, 5) is 16.8. The van der Waals surface area contributed by atoms with Crippen LogP contribution in [0.5, 0.6) is 0 Å². The van der Waals surface area contributed by atoms with Gasteiger partial charge in [-0.3, -0.25) is 4.79 Å². The summed E-state index contributed by atoms with van der Waals surface area (Å²) in [6.45, 7) is 0.413. The minimum absolute atomic E-state index is 0.281. The Kier molecular flexibility index (Phi) is 5.59. The van der Waals surface area contributed by atoms with E-state index in [2.05, 4.69) is 15.4 Å². The van der Waals surface area contributed by atoms with E-state index in [1.165, 1.54) is 11.3 Å². The molecule has 3 N–H and O–H groups in total. The molecule has 29 heavy (non-hydrogen) atoms. The van der Waals surface area contributed by atoms with E-state index in [9.17, 15) is 15.0 Å². The Morgan fingerprint density at radius 2 is 1.90 bits per heavy atom. The normalized spacial score (nSPS) is 13.3. The number of anilines is 1. The number of hydrogen-bond donors (Lipinski definition) is 3. The second-order valence-corrected chi connectivity index (χ2v) is 7.90. The lowest BCUT2D eigenvalue weighted by atomic mass is 10.2. The molecule has 2 aromatic heterocycles. The number of thiazole rings is 1. The molecule has 2 heterocycles. The molecule has 0 spiro atoms. The molecule has 1 amide bonds. The fourth-order valence-electron chi connectivity index (χ4n) is 2.82. The van der Waals surface area contributed by atoms with Crippen LogP contribution in [0.4, 0.5) is 5.82 Å². The topological polar surface area (TPSA) is 100 Å². The first kappa shape index (κ1) is 19.5. The van der Waals surface area contributed by atoms with Crippen molar-refractivity contribution in [1.82, 2.24) is 14.8 Å². The number of nitrogens with zero attached hydrogens (tertiary/aromatic N) is 3. The Bertz CT molecular complexity index is 1110. The van der Waals surface area contributed by atoms with Crippen molar-refractivity contribution in [2.75, 3.05) is 5.32 Å². The highest BCUT2D eigenvalue weighted by molar-refractivity contribution is 7.18. The second-order valence-electron chi connectivity index (χ2n) is 6.40. The quantitative estimate of drug-likeness (QED) is 0.437. The number of fused-ring (bicyclic) bond motifs is 1. The van der Waals surface area contributed by atoms with Crippen molar-refractivity contribution >= 4 is 44.9 Å². The molecule has 0 aliphatic heterocycles. The van der Waals surface area contributed by atoms with Gasteiger partial charge in [-0.15, -0.1) is 11.3 Å². The van der Waals surface area contributed by atoms with Gasteiger partial charge in [0.05, 0.1) is 23.0 Å². The second kappa shape index (κ2) is 8.30. The van der Waals surface area contributed by atoms with Gasteiger partial charge in [-0.2, -0.15) is 5.10 Å². The van der Waals surface area contributed by atoms with Crippen LogP contribution in [-0.2, 0) is 11.3 Å². The molecule has 0 saturated heterocycles. The van der Waals surface area contributed by atoms with E-state index < -0.39 is 18.1 Å². The predicted molar refractivity (Wildman–Crippen MR) is 112 cm³/mol. The number of halogens is 1. The molecule has 9 heteroatoms. The van der Waals surface area contributed by atoms with Crippen LogP contribution in [0.1, 0.15) is 16.7 Å². The molecule has 0 fully saturated rings. The molecule has 0 aliphatic carbocycles. The van der Waals surface area contributed by atoms with Gasteiger partial charge in [0, 0.05) is 11.1 Å². The molecule has 0 saturated carbocycles. The number of amides is 1. The SMILES string of the molecule is O=C(Nc1ccnn1Cc1ccc(Cl)cc1)C(O)C(O)c1nc2ccccc2s1. The molecule has 0 bridgehead atoms. The van der Waals surface area contributed by atoms with Crippen LogP contribution in [0.15, 0.2) is 60.8 Å². The van der Waals surface area contributed by atoms with Crippen LogP contribution in [0.2, 0.25) is 5.02 Å². The Morgan fingerprint density at radius 1 is 1.14 bits per heavy atom. The van der Waals surface area contributed by atoms with Gasteiger partial charge in [0.2, 0.25) is 0 Å². The molecule has 2 unspecified atom stereocenters. The lowest BCUT2D eigenvalue weighted by Crippen LogP contribution is -2.34. The number of aliphatic hydroxyl groups is 2. The average Bonchev–Trinajstić information content (AvgIpc) is 3.35. The summed E-state index contributed by atoms with van der Waals surface area (Å²) in [6.07, 6.45) is -1.56. The molecular weight excluding hydrogens is 412 g/mol. The van der Waals surface area contributed by atoms with E-state index in [1.54, 1.807) is 29.1 Å². The molecule has 4 aromatic rings. The number of aromatic nitrogens is 3. The number of nitrogens with one attached hydrogen (secondary N) is 1. The van der Waals surface area contributed by atoms with Gasteiger partial charge in [-0.1, -0.05) is 35.9 Å². The van der Waals surface area contributed by atoms with E-state index in [0.29, 0.717) is 22.9 Å². The third kappa shape index (κ3) is 4.30. The summed E-state index contributed by atoms with van der Waals surface area (Å²) in [7, 11) is 0. The molecule has 4 rings (SSSR count). The first-order chi connectivity index (χ1) is 14.0. The summed E-state index contributed by atoms with van der Waals surface area (Å²) in [6, 6.07) is 16.3. The lowest BCUT2D eigenvalue weighted by Gasteiger charge is -2.16. The number of aliphatic hydroxyl groups excluding tert-OH is 2. The standard InChI is InChI=1S/C20H17ClN4O3S/c21-13-7-5-12(6-8-13)11-25-16(9-10-22-25)24-19(28)17(26)18(27)20-23-14-3-1-2-4-15(14)29-20/h1-10,17-18,26-27H,11H2,(H,24,28). The Hall–Kier alpha value is -2.78. The lowest BCUT2D eigenvalue weighted by molar-refractivity contribution is -0.129. The summed E-state index contributed by atoms with van der Waals surface area (Å²) in [5.74, 6) is -0.338. The van der Waals surface area contributed by atoms with Crippen molar-refractivity contribution in [3.63, 3.8) is 0 Å². The Morgan fingerprint density at radius 3 is 2.66 bits per heavy atom. The van der Waals surface area contributed by atoms with Crippen molar-refractivity contribution in [1.29, 1.82) is 0 Å². The maximum atomic E-state index is 12.5. The van der Waals surface area contributed by atoms with Gasteiger partial charge in [-0.25, -0.2) is 9.67 Å². The zero-order chi connectivity index (χ0) is 20.4. The van der Waals surface area contributed by atoms with Crippen molar-refractivity contribution in [3.8, 4) is 0 Å². The Labute approximate surface area is 175 Å². The Balaban J connectivity index is 1.46. The van der Waals surface area contributed by atoms with Gasteiger partial charge in [0.15, 0.2) is 6.10 Å². The van der Waals surface area contributed by atoms with E-state index in [-0.39, 0.29) is 5.01 Å². The molecule has 0 aliphatic rings. The number of rotatable bonds is 6. The van der Waals surface area contributed by atoms with Crippen LogP contribution in [0.25, 0.3) is 10.2 Å². The monoisotopic (exact) mass is 428 g/mol. The van der Waals surface area contributed by atoms with E-state index in [4.69, 9.17) is 11.6 Å². The van der Waals surface area contributed by atoms with Crippen molar-refractivity contribution < 1.29 is 15.0 Å². The summed E-state index contributed by atoms with van der Waals surface area (Å²) < 4.78 is 2.45. The fraction of sp³-hybridized carbons (Fsp3) is 0.150. The number of carbonyl (C=O) groups excluding carboxylic acids is 1. The highest BCUT2D eigenvalue weighted by Gasteiger charge is 2.29. The zero-order valence-corrected chi connectivity index (χ0v) is 16.6. The molecular formula is C20H17ClN4O3S. The minimum atomic E-state index is -1.67. The molecule has 7 nitrogen and oxygen atoms in total. The van der Waals surface area contributed by atoms with Gasteiger partial charge in [0.25, 0.3) is 5.91 Å².